The number of fused-ring (bicyclic) bond motifs is 1. The summed E-state index contributed by atoms with van der Waals surface area (Å²) in [6, 6.07) is 5.66. The van der Waals surface area contributed by atoms with Gasteiger partial charge in [-0.05, 0) is 62.6 Å². The SMILES string of the molecule is CO[C@H]1CN(C)C(=O)c2cc(NC(=O)C3CCCC3)ccc2OC[C@@H](C)N(CC2CC2)C[C@H]1C. The van der Waals surface area contributed by atoms with E-state index in [2.05, 4.69) is 24.1 Å². The third-order valence-corrected chi connectivity index (χ3v) is 7.76. The van der Waals surface area contributed by atoms with Crippen molar-refractivity contribution in [2.24, 2.45) is 17.8 Å². The molecule has 2 fully saturated rings. The molecule has 3 atom stereocenters. The number of amides is 2. The van der Waals surface area contributed by atoms with Crippen molar-refractivity contribution in [3.05, 3.63) is 23.8 Å². The monoisotopic (exact) mass is 471 g/mol. The van der Waals surface area contributed by atoms with E-state index >= 15 is 0 Å². The van der Waals surface area contributed by atoms with E-state index in [9.17, 15) is 9.59 Å². The number of carbonyl (C=O) groups is 2. The van der Waals surface area contributed by atoms with Crippen molar-refractivity contribution in [3.63, 3.8) is 0 Å². The predicted molar refractivity (Wildman–Crippen MR) is 133 cm³/mol. The van der Waals surface area contributed by atoms with Crippen LogP contribution in [0.3, 0.4) is 0 Å². The van der Waals surface area contributed by atoms with Crippen LogP contribution >= 0.6 is 0 Å². The van der Waals surface area contributed by atoms with Crippen LogP contribution in [0.1, 0.15) is 62.7 Å². The molecule has 1 heterocycles. The first-order valence-corrected chi connectivity index (χ1v) is 13.0. The van der Waals surface area contributed by atoms with E-state index in [1.807, 2.05) is 19.2 Å². The van der Waals surface area contributed by atoms with Crippen molar-refractivity contribution in [2.45, 2.75) is 64.5 Å². The summed E-state index contributed by atoms with van der Waals surface area (Å²) in [7, 11) is 3.54. The zero-order valence-corrected chi connectivity index (χ0v) is 21.2. The molecule has 2 saturated carbocycles. The summed E-state index contributed by atoms with van der Waals surface area (Å²) < 4.78 is 12.1. The average Bonchev–Trinajstić information content (AvgIpc) is 3.47. The minimum absolute atomic E-state index is 0.0462. The fourth-order valence-corrected chi connectivity index (χ4v) is 5.25. The maximum atomic E-state index is 13.5. The van der Waals surface area contributed by atoms with Gasteiger partial charge in [0.25, 0.3) is 5.91 Å². The number of anilines is 1. The minimum atomic E-state index is -0.121. The van der Waals surface area contributed by atoms with Gasteiger partial charge in [0.1, 0.15) is 12.4 Å². The first kappa shape index (κ1) is 25.0. The fraction of sp³-hybridized carbons (Fsp3) is 0.704. The van der Waals surface area contributed by atoms with E-state index in [0.29, 0.717) is 30.2 Å². The Labute approximate surface area is 204 Å². The summed E-state index contributed by atoms with van der Waals surface area (Å²) in [5, 5.41) is 3.03. The van der Waals surface area contributed by atoms with E-state index in [0.717, 1.165) is 44.7 Å². The average molecular weight is 472 g/mol. The second kappa shape index (κ2) is 11.1. The lowest BCUT2D eigenvalue weighted by Gasteiger charge is -2.36. The van der Waals surface area contributed by atoms with Crippen LogP contribution in [0.4, 0.5) is 5.69 Å². The maximum absolute atomic E-state index is 13.5. The Hall–Kier alpha value is -2.12. The number of nitrogens with zero attached hydrogens (tertiary/aromatic N) is 2. The molecular formula is C27H41N3O4. The molecule has 0 saturated heterocycles. The molecule has 3 aliphatic rings. The lowest BCUT2D eigenvalue weighted by Crippen LogP contribution is -2.47. The largest absolute Gasteiger partial charge is 0.491 e. The third kappa shape index (κ3) is 6.11. The normalized spacial score (nSPS) is 27.5. The van der Waals surface area contributed by atoms with Crippen LogP contribution in [0.5, 0.6) is 5.75 Å². The second-order valence-corrected chi connectivity index (χ2v) is 10.7. The maximum Gasteiger partial charge on any atom is 0.257 e. The lowest BCUT2D eigenvalue weighted by molar-refractivity contribution is -0.119. The Balaban J connectivity index is 1.58. The van der Waals surface area contributed by atoms with Crippen LogP contribution in [-0.4, -0.2) is 74.2 Å². The number of methoxy groups -OCH3 is 1. The number of nitrogens with one attached hydrogen (secondary N) is 1. The number of likely N-dealkylation sites (N-methyl/N-ethyl adjacent to an activating group) is 1. The molecule has 2 aliphatic carbocycles. The summed E-state index contributed by atoms with van der Waals surface area (Å²) in [6.07, 6.45) is 6.64. The predicted octanol–water partition coefficient (Wildman–Crippen LogP) is 4.03. The smallest absolute Gasteiger partial charge is 0.257 e. The molecule has 0 spiro atoms. The van der Waals surface area contributed by atoms with Gasteiger partial charge in [-0.25, -0.2) is 0 Å². The lowest BCUT2D eigenvalue weighted by atomic mass is 10.0. The molecular weight excluding hydrogens is 430 g/mol. The van der Waals surface area contributed by atoms with Crippen LogP contribution in [0, 0.1) is 17.8 Å². The molecule has 34 heavy (non-hydrogen) atoms. The summed E-state index contributed by atoms with van der Waals surface area (Å²) >= 11 is 0. The van der Waals surface area contributed by atoms with Crippen LogP contribution in [0.25, 0.3) is 0 Å². The Bertz CT molecular complexity index is 865. The number of hydrogen-bond donors (Lipinski definition) is 1. The zero-order chi connectivity index (χ0) is 24.2. The molecule has 0 radical (unpaired) electrons. The Kier molecular flexibility index (Phi) is 8.14. The molecule has 0 bridgehead atoms. The first-order valence-electron chi connectivity index (χ1n) is 13.0. The number of carbonyl (C=O) groups excluding carboxylic acids is 2. The highest BCUT2D eigenvalue weighted by Gasteiger charge is 2.32. The molecule has 7 heteroatoms. The van der Waals surface area contributed by atoms with E-state index < -0.39 is 0 Å². The van der Waals surface area contributed by atoms with Gasteiger partial charge in [-0.2, -0.15) is 0 Å². The van der Waals surface area contributed by atoms with Crippen molar-refractivity contribution in [3.8, 4) is 5.75 Å². The Morgan fingerprint density at radius 1 is 1.15 bits per heavy atom. The quantitative estimate of drug-likeness (QED) is 0.702. The molecule has 2 amide bonds. The van der Waals surface area contributed by atoms with Gasteiger partial charge in [0.15, 0.2) is 0 Å². The van der Waals surface area contributed by atoms with E-state index in [-0.39, 0.29) is 35.8 Å². The zero-order valence-electron chi connectivity index (χ0n) is 21.2. The molecule has 188 valence electrons. The molecule has 1 aromatic carbocycles. The van der Waals surface area contributed by atoms with E-state index in [1.165, 1.54) is 12.8 Å². The van der Waals surface area contributed by atoms with Gasteiger partial charge in [0.2, 0.25) is 5.91 Å². The molecule has 0 aromatic heterocycles. The van der Waals surface area contributed by atoms with Crippen molar-refractivity contribution in [1.82, 2.24) is 9.80 Å². The molecule has 4 rings (SSSR count). The Morgan fingerprint density at radius 3 is 2.56 bits per heavy atom. The minimum Gasteiger partial charge on any atom is -0.491 e. The fourth-order valence-electron chi connectivity index (χ4n) is 5.25. The molecule has 1 aromatic rings. The van der Waals surface area contributed by atoms with Crippen LogP contribution in [-0.2, 0) is 9.53 Å². The van der Waals surface area contributed by atoms with Gasteiger partial charge in [-0.15, -0.1) is 0 Å². The number of hydrogen-bond acceptors (Lipinski definition) is 5. The van der Waals surface area contributed by atoms with Crippen molar-refractivity contribution in [1.29, 1.82) is 0 Å². The van der Waals surface area contributed by atoms with E-state index in [1.54, 1.807) is 18.1 Å². The molecule has 1 aliphatic heterocycles. The standard InChI is InChI=1S/C27H41N3O4/c1-18-14-30(15-20-9-10-20)19(2)17-34-24-12-11-22(28-26(31)21-7-5-6-8-21)13-23(24)27(32)29(3)16-25(18)33-4/h11-13,18-21,25H,5-10,14-17H2,1-4H3,(H,28,31)/t18-,19-,25+/m1/s1. The summed E-state index contributed by atoms with van der Waals surface area (Å²) in [5.41, 5.74) is 1.13. The van der Waals surface area contributed by atoms with Crippen LogP contribution < -0.4 is 10.1 Å². The summed E-state index contributed by atoms with van der Waals surface area (Å²) in [6.45, 7) is 7.41. The van der Waals surface area contributed by atoms with Gasteiger partial charge in [-0.3, -0.25) is 14.5 Å². The molecule has 1 N–H and O–H groups in total. The van der Waals surface area contributed by atoms with Gasteiger partial charge < -0.3 is 19.7 Å². The number of ether oxygens (including phenoxy) is 2. The third-order valence-electron chi connectivity index (χ3n) is 7.76. The topological polar surface area (TPSA) is 71.1 Å². The molecule has 0 unspecified atom stereocenters. The first-order chi connectivity index (χ1) is 16.4. The van der Waals surface area contributed by atoms with Gasteiger partial charge in [0, 0.05) is 51.4 Å². The second-order valence-electron chi connectivity index (χ2n) is 10.7. The van der Waals surface area contributed by atoms with Gasteiger partial charge in [-0.1, -0.05) is 19.8 Å². The van der Waals surface area contributed by atoms with Crippen molar-refractivity contribution < 1.29 is 19.1 Å². The van der Waals surface area contributed by atoms with Gasteiger partial charge in [0.05, 0.1) is 11.7 Å². The number of rotatable bonds is 5. The van der Waals surface area contributed by atoms with Crippen LogP contribution in [0.2, 0.25) is 0 Å². The van der Waals surface area contributed by atoms with Crippen LogP contribution in [0.15, 0.2) is 18.2 Å². The molecule has 7 nitrogen and oxygen atoms in total. The van der Waals surface area contributed by atoms with Crippen molar-refractivity contribution in [2.75, 3.05) is 45.7 Å². The van der Waals surface area contributed by atoms with Gasteiger partial charge >= 0.3 is 0 Å². The van der Waals surface area contributed by atoms with E-state index in [4.69, 9.17) is 9.47 Å². The highest BCUT2D eigenvalue weighted by atomic mass is 16.5. The highest BCUT2D eigenvalue weighted by molar-refractivity contribution is 5.99. The van der Waals surface area contributed by atoms with Crippen molar-refractivity contribution >= 4 is 17.5 Å². The Morgan fingerprint density at radius 2 is 1.88 bits per heavy atom. The summed E-state index contributed by atoms with van der Waals surface area (Å²) in [4.78, 5) is 30.4. The highest BCUT2D eigenvalue weighted by Crippen LogP contribution is 2.32. The number of benzene rings is 1. The summed E-state index contributed by atoms with van der Waals surface area (Å²) in [5.74, 6) is 1.62.